The predicted octanol–water partition coefficient (Wildman–Crippen LogP) is 2.33. The third-order valence-electron chi connectivity index (χ3n) is 3.00. The maximum absolute atomic E-state index is 12.0. The SMILES string of the molecule is CCCN(CCO)S(=O)(=O)CCCCCCCCF. The summed E-state index contributed by atoms with van der Waals surface area (Å²) >= 11 is 0. The first-order valence-corrected chi connectivity index (χ1v) is 8.84. The monoisotopic (exact) mass is 297 g/mol. The van der Waals surface area contributed by atoms with Gasteiger partial charge in [-0.2, -0.15) is 4.31 Å². The minimum Gasteiger partial charge on any atom is -0.395 e. The van der Waals surface area contributed by atoms with E-state index in [9.17, 15) is 12.8 Å². The molecule has 0 heterocycles. The Kier molecular flexibility index (Phi) is 11.5. The van der Waals surface area contributed by atoms with Crippen LogP contribution in [0.25, 0.3) is 0 Å². The Balaban J connectivity index is 3.87. The summed E-state index contributed by atoms with van der Waals surface area (Å²) in [6.07, 6.45) is 5.69. The highest BCUT2D eigenvalue weighted by Gasteiger charge is 2.19. The molecule has 0 saturated carbocycles. The lowest BCUT2D eigenvalue weighted by atomic mass is 10.1. The molecule has 0 rings (SSSR count). The molecule has 0 unspecified atom stereocenters. The Bertz CT molecular complexity index is 290. The lowest BCUT2D eigenvalue weighted by Gasteiger charge is -2.20. The fourth-order valence-electron chi connectivity index (χ4n) is 1.97. The number of unbranched alkanes of at least 4 members (excludes halogenated alkanes) is 5. The van der Waals surface area contributed by atoms with Gasteiger partial charge in [0.15, 0.2) is 0 Å². The molecule has 0 aromatic rings. The second-order valence-electron chi connectivity index (χ2n) is 4.75. The van der Waals surface area contributed by atoms with Crippen molar-refractivity contribution in [2.75, 3.05) is 32.1 Å². The zero-order chi connectivity index (χ0) is 14.6. The summed E-state index contributed by atoms with van der Waals surface area (Å²) < 4.78 is 37.2. The van der Waals surface area contributed by atoms with Gasteiger partial charge in [-0.25, -0.2) is 8.42 Å². The molecule has 116 valence electrons. The topological polar surface area (TPSA) is 57.6 Å². The van der Waals surface area contributed by atoms with Gasteiger partial charge in [-0.3, -0.25) is 4.39 Å². The Hall–Kier alpha value is -0.200. The average molecular weight is 297 g/mol. The zero-order valence-corrected chi connectivity index (χ0v) is 12.8. The lowest BCUT2D eigenvalue weighted by molar-refractivity contribution is 0.253. The van der Waals surface area contributed by atoms with Crippen LogP contribution in [0.15, 0.2) is 0 Å². The van der Waals surface area contributed by atoms with Crippen molar-refractivity contribution in [2.45, 2.75) is 51.9 Å². The second kappa shape index (κ2) is 11.6. The molecule has 0 fully saturated rings. The summed E-state index contributed by atoms with van der Waals surface area (Å²) in [4.78, 5) is 0. The normalized spacial score (nSPS) is 12.2. The van der Waals surface area contributed by atoms with E-state index in [1.807, 2.05) is 6.92 Å². The van der Waals surface area contributed by atoms with Gasteiger partial charge in [0, 0.05) is 13.1 Å². The van der Waals surface area contributed by atoms with Gasteiger partial charge in [-0.1, -0.05) is 32.6 Å². The first kappa shape index (κ1) is 18.8. The molecule has 0 amide bonds. The van der Waals surface area contributed by atoms with Crippen LogP contribution < -0.4 is 0 Å². The molecular weight excluding hydrogens is 269 g/mol. The third kappa shape index (κ3) is 9.35. The smallest absolute Gasteiger partial charge is 0.214 e. The summed E-state index contributed by atoms with van der Waals surface area (Å²) in [7, 11) is -3.23. The standard InChI is InChI=1S/C13H28FNO3S/c1-2-10-15(11-12-16)19(17,18)13-8-6-4-3-5-7-9-14/h16H,2-13H2,1H3. The molecule has 4 nitrogen and oxygen atoms in total. The Morgan fingerprint density at radius 2 is 1.58 bits per heavy atom. The molecular formula is C13H28FNO3S. The summed E-state index contributed by atoms with van der Waals surface area (Å²) in [5.74, 6) is 0.149. The summed E-state index contributed by atoms with van der Waals surface area (Å²) in [5, 5.41) is 8.88. The molecule has 0 bridgehead atoms. The first-order valence-electron chi connectivity index (χ1n) is 7.23. The maximum atomic E-state index is 12.0. The summed E-state index contributed by atoms with van der Waals surface area (Å²) in [5.41, 5.74) is 0. The van der Waals surface area contributed by atoms with E-state index in [0.29, 0.717) is 19.4 Å². The number of hydrogen-bond donors (Lipinski definition) is 1. The third-order valence-corrected chi connectivity index (χ3v) is 4.96. The number of hydrogen-bond acceptors (Lipinski definition) is 3. The van der Waals surface area contributed by atoms with Crippen LogP contribution in [0.4, 0.5) is 4.39 Å². The van der Waals surface area contributed by atoms with Gasteiger partial charge in [0.2, 0.25) is 10.0 Å². The van der Waals surface area contributed by atoms with Crippen LogP contribution in [0.5, 0.6) is 0 Å². The van der Waals surface area contributed by atoms with Crippen molar-refractivity contribution in [3.8, 4) is 0 Å². The quantitative estimate of drug-likeness (QED) is 0.531. The Labute approximate surface area is 117 Å². The van der Waals surface area contributed by atoms with Gasteiger partial charge >= 0.3 is 0 Å². The fraction of sp³-hybridized carbons (Fsp3) is 1.00. The average Bonchev–Trinajstić information content (AvgIpc) is 2.37. The zero-order valence-electron chi connectivity index (χ0n) is 12.0. The molecule has 0 radical (unpaired) electrons. The first-order chi connectivity index (χ1) is 9.08. The van der Waals surface area contributed by atoms with E-state index < -0.39 is 10.0 Å². The van der Waals surface area contributed by atoms with Crippen LogP contribution >= 0.6 is 0 Å². The number of aliphatic hydroxyl groups excluding tert-OH is 1. The number of sulfonamides is 1. The van der Waals surface area contributed by atoms with Crippen LogP contribution in [0.2, 0.25) is 0 Å². The number of rotatable bonds is 13. The number of halogens is 1. The van der Waals surface area contributed by atoms with Crippen molar-refractivity contribution >= 4 is 10.0 Å². The summed E-state index contributed by atoms with van der Waals surface area (Å²) in [6.45, 7) is 2.18. The fourth-order valence-corrected chi connectivity index (χ4v) is 3.61. The molecule has 0 aliphatic carbocycles. The van der Waals surface area contributed by atoms with Crippen LogP contribution in [-0.2, 0) is 10.0 Å². The molecule has 19 heavy (non-hydrogen) atoms. The number of alkyl halides is 1. The van der Waals surface area contributed by atoms with Crippen molar-refractivity contribution < 1.29 is 17.9 Å². The van der Waals surface area contributed by atoms with E-state index >= 15 is 0 Å². The van der Waals surface area contributed by atoms with E-state index in [4.69, 9.17) is 5.11 Å². The molecule has 0 saturated heterocycles. The van der Waals surface area contributed by atoms with Gasteiger partial charge in [-0.05, 0) is 19.3 Å². The highest BCUT2D eigenvalue weighted by Crippen LogP contribution is 2.10. The van der Waals surface area contributed by atoms with E-state index in [-0.39, 0.29) is 25.6 Å². The van der Waals surface area contributed by atoms with Gasteiger partial charge in [0.25, 0.3) is 0 Å². The molecule has 0 aliphatic heterocycles. The van der Waals surface area contributed by atoms with E-state index in [0.717, 1.165) is 32.1 Å². The van der Waals surface area contributed by atoms with E-state index in [2.05, 4.69) is 0 Å². The second-order valence-corrected chi connectivity index (χ2v) is 6.84. The molecule has 0 atom stereocenters. The van der Waals surface area contributed by atoms with Crippen LogP contribution in [0.1, 0.15) is 51.9 Å². The lowest BCUT2D eigenvalue weighted by Crippen LogP contribution is -2.35. The van der Waals surface area contributed by atoms with Crippen molar-refractivity contribution in [3.63, 3.8) is 0 Å². The van der Waals surface area contributed by atoms with Crippen molar-refractivity contribution in [1.29, 1.82) is 0 Å². The van der Waals surface area contributed by atoms with E-state index in [1.54, 1.807) is 0 Å². The largest absolute Gasteiger partial charge is 0.395 e. The maximum Gasteiger partial charge on any atom is 0.214 e. The number of aliphatic hydroxyl groups is 1. The van der Waals surface area contributed by atoms with Crippen molar-refractivity contribution in [1.82, 2.24) is 4.31 Å². The molecule has 0 aromatic carbocycles. The van der Waals surface area contributed by atoms with Gasteiger partial charge < -0.3 is 5.11 Å². The van der Waals surface area contributed by atoms with Gasteiger partial charge in [0.1, 0.15) is 0 Å². The molecule has 0 spiro atoms. The molecule has 6 heteroatoms. The van der Waals surface area contributed by atoms with E-state index in [1.165, 1.54) is 4.31 Å². The minimum absolute atomic E-state index is 0.136. The Morgan fingerprint density at radius 1 is 1.00 bits per heavy atom. The van der Waals surface area contributed by atoms with Crippen molar-refractivity contribution in [2.24, 2.45) is 0 Å². The predicted molar refractivity (Wildman–Crippen MR) is 76.4 cm³/mol. The number of nitrogens with zero attached hydrogens (tertiary/aromatic N) is 1. The minimum atomic E-state index is -3.23. The summed E-state index contributed by atoms with van der Waals surface area (Å²) in [6, 6.07) is 0. The van der Waals surface area contributed by atoms with Crippen LogP contribution in [-0.4, -0.2) is 50.0 Å². The van der Waals surface area contributed by atoms with Crippen LogP contribution in [0, 0.1) is 0 Å². The van der Waals surface area contributed by atoms with Crippen molar-refractivity contribution in [3.05, 3.63) is 0 Å². The molecule has 0 aliphatic rings. The van der Waals surface area contributed by atoms with Gasteiger partial charge in [0.05, 0.1) is 19.0 Å². The Morgan fingerprint density at radius 3 is 2.11 bits per heavy atom. The molecule has 1 N–H and O–H groups in total. The molecule has 0 aromatic heterocycles. The van der Waals surface area contributed by atoms with Crippen LogP contribution in [0.3, 0.4) is 0 Å². The van der Waals surface area contributed by atoms with Gasteiger partial charge in [-0.15, -0.1) is 0 Å². The highest BCUT2D eigenvalue weighted by atomic mass is 32.2. The highest BCUT2D eigenvalue weighted by molar-refractivity contribution is 7.89.